The van der Waals surface area contributed by atoms with Crippen LogP contribution in [-0.2, 0) is 4.79 Å². The van der Waals surface area contributed by atoms with Gasteiger partial charge in [-0.2, -0.15) is 0 Å². The summed E-state index contributed by atoms with van der Waals surface area (Å²) in [6.45, 7) is 8.87. The first-order valence-corrected chi connectivity index (χ1v) is 11.3. The standard InChI is InChI=1S/C26H34N2O6/c1-16(2)10-11-28-19-14-18(8-9-20(19)34-15-26(3,4)25(28)30)27-24(29)17-12-21(31-5)23(33-7)22(13-17)32-6/h8-9,12-14,16H,10-11,15H2,1-7H3,(H,27,29). The van der Waals surface area contributed by atoms with Crippen LogP contribution in [0.1, 0.15) is 44.5 Å². The zero-order valence-electron chi connectivity index (χ0n) is 21.0. The minimum absolute atomic E-state index is 0.00000339. The Balaban J connectivity index is 1.94. The summed E-state index contributed by atoms with van der Waals surface area (Å²) in [4.78, 5) is 28.2. The van der Waals surface area contributed by atoms with E-state index in [-0.39, 0.29) is 18.4 Å². The SMILES string of the molecule is COc1cc(C(=O)Nc2ccc3c(c2)N(CCC(C)C)C(=O)C(C)(C)CO3)cc(OC)c1OC. The number of anilines is 2. The lowest BCUT2D eigenvalue weighted by molar-refractivity contribution is -0.127. The maximum Gasteiger partial charge on any atom is 0.255 e. The van der Waals surface area contributed by atoms with Crippen molar-refractivity contribution < 1.29 is 28.5 Å². The van der Waals surface area contributed by atoms with Crippen LogP contribution in [0.5, 0.6) is 23.0 Å². The Labute approximate surface area is 201 Å². The Kier molecular flexibility index (Phi) is 7.59. The molecule has 184 valence electrons. The van der Waals surface area contributed by atoms with Crippen molar-refractivity contribution in [3.8, 4) is 23.0 Å². The van der Waals surface area contributed by atoms with Crippen LogP contribution in [0, 0.1) is 11.3 Å². The maximum absolute atomic E-state index is 13.3. The van der Waals surface area contributed by atoms with Crippen LogP contribution in [0.4, 0.5) is 11.4 Å². The lowest BCUT2D eigenvalue weighted by atomic mass is 9.92. The van der Waals surface area contributed by atoms with Crippen LogP contribution in [0.15, 0.2) is 30.3 Å². The topological polar surface area (TPSA) is 86.3 Å². The average molecular weight is 471 g/mol. The number of benzene rings is 2. The van der Waals surface area contributed by atoms with Gasteiger partial charge in [0.2, 0.25) is 11.7 Å². The van der Waals surface area contributed by atoms with Crippen molar-refractivity contribution in [1.82, 2.24) is 0 Å². The number of fused-ring (bicyclic) bond motifs is 1. The Morgan fingerprint density at radius 2 is 1.74 bits per heavy atom. The summed E-state index contributed by atoms with van der Waals surface area (Å²) < 4.78 is 22.0. The molecule has 3 rings (SSSR count). The molecule has 8 nitrogen and oxygen atoms in total. The smallest absolute Gasteiger partial charge is 0.255 e. The summed E-state index contributed by atoms with van der Waals surface area (Å²) in [5.74, 6) is 1.88. The fourth-order valence-electron chi connectivity index (χ4n) is 3.75. The molecule has 0 atom stereocenters. The molecule has 0 saturated carbocycles. The highest BCUT2D eigenvalue weighted by atomic mass is 16.5. The van der Waals surface area contributed by atoms with Gasteiger partial charge in [0.05, 0.1) is 32.4 Å². The Bertz CT molecular complexity index is 1040. The number of hydrogen-bond acceptors (Lipinski definition) is 6. The molecule has 0 fully saturated rings. The van der Waals surface area contributed by atoms with Gasteiger partial charge >= 0.3 is 0 Å². The maximum atomic E-state index is 13.3. The molecule has 2 aromatic carbocycles. The average Bonchev–Trinajstić information content (AvgIpc) is 2.90. The molecule has 1 aliphatic rings. The summed E-state index contributed by atoms with van der Waals surface area (Å²) in [6.07, 6.45) is 0.850. The van der Waals surface area contributed by atoms with Gasteiger partial charge in [0.25, 0.3) is 5.91 Å². The van der Waals surface area contributed by atoms with Crippen LogP contribution >= 0.6 is 0 Å². The molecule has 1 heterocycles. The monoisotopic (exact) mass is 470 g/mol. The fraction of sp³-hybridized carbons (Fsp3) is 0.462. The van der Waals surface area contributed by atoms with Gasteiger partial charge in [0.1, 0.15) is 12.4 Å². The zero-order chi connectivity index (χ0) is 25.0. The number of nitrogens with one attached hydrogen (secondary N) is 1. The fourth-order valence-corrected chi connectivity index (χ4v) is 3.75. The number of carbonyl (C=O) groups is 2. The third kappa shape index (κ3) is 5.21. The van der Waals surface area contributed by atoms with E-state index in [0.717, 1.165) is 6.42 Å². The van der Waals surface area contributed by atoms with Crippen molar-refractivity contribution in [2.75, 3.05) is 44.7 Å². The van der Waals surface area contributed by atoms with Gasteiger partial charge in [-0.3, -0.25) is 9.59 Å². The molecule has 34 heavy (non-hydrogen) atoms. The normalized spacial score (nSPS) is 14.7. The molecule has 0 spiro atoms. The first kappa shape index (κ1) is 25.2. The van der Waals surface area contributed by atoms with E-state index >= 15 is 0 Å². The Morgan fingerprint density at radius 1 is 1.09 bits per heavy atom. The molecule has 1 aliphatic heterocycles. The molecule has 8 heteroatoms. The second kappa shape index (κ2) is 10.2. The highest BCUT2D eigenvalue weighted by molar-refractivity contribution is 6.06. The molecule has 0 aromatic heterocycles. The first-order valence-electron chi connectivity index (χ1n) is 11.3. The van der Waals surface area contributed by atoms with Crippen molar-refractivity contribution in [3.63, 3.8) is 0 Å². The summed E-state index contributed by atoms with van der Waals surface area (Å²) >= 11 is 0. The van der Waals surface area contributed by atoms with Gasteiger partial charge in [0, 0.05) is 17.8 Å². The summed E-state index contributed by atoms with van der Waals surface area (Å²) in [7, 11) is 4.50. The van der Waals surface area contributed by atoms with E-state index < -0.39 is 5.41 Å². The lowest BCUT2D eigenvalue weighted by Gasteiger charge is -2.28. The highest BCUT2D eigenvalue weighted by Gasteiger charge is 2.37. The van der Waals surface area contributed by atoms with Crippen molar-refractivity contribution in [2.45, 2.75) is 34.1 Å². The van der Waals surface area contributed by atoms with Crippen molar-refractivity contribution in [3.05, 3.63) is 35.9 Å². The second-order valence-electron chi connectivity index (χ2n) is 9.36. The Hall–Kier alpha value is -3.42. The number of ether oxygens (including phenoxy) is 4. The molecule has 2 aromatic rings. The minimum atomic E-state index is -0.657. The molecule has 2 amide bonds. The molecule has 0 radical (unpaired) electrons. The quantitative estimate of drug-likeness (QED) is 0.599. The third-order valence-electron chi connectivity index (χ3n) is 5.78. The first-order chi connectivity index (χ1) is 16.1. The summed E-state index contributed by atoms with van der Waals surface area (Å²) in [5.41, 5.74) is 0.881. The predicted octanol–water partition coefficient (Wildman–Crippen LogP) is 4.76. The van der Waals surface area contributed by atoms with E-state index in [1.165, 1.54) is 21.3 Å². The van der Waals surface area contributed by atoms with Gasteiger partial charge in [-0.1, -0.05) is 13.8 Å². The van der Waals surface area contributed by atoms with Crippen LogP contribution in [0.25, 0.3) is 0 Å². The van der Waals surface area contributed by atoms with Crippen LogP contribution in [0.2, 0.25) is 0 Å². The van der Waals surface area contributed by atoms with Crippen LogP contribution in [0.3, 0.4) is 0 Å². The lowest BCUT2D eigenvalue weighted by Crippen LogP contribution is -2.42. The van der Waals surface area contributed by atoms with Gasteiger partial charge in [-0.15, -0.1) is 0 Å². The van der Waals surface area contributed by atoms with E-state index in [0.29, 0.717) is 52.4 Å². The minimum Gasteiger partial charge on any atom is -0.493 e. The molecular weight excluding hydrogens is 436 g/mol. The largest absolute Gasteiger partial charge is 0.493 e. The number of methoxy groups -OCH3 is 3. The number of amides is 2. The molecule has 0 saturated heterocycles. The summed E-state index contributed by atoms with van der Waals surface area (Å²) in [5, 5.41) is 2.91. The zero-order valence-corrected chi connectivity index (χ0v) is 21.0. The van der Waals surface area contributed by atoms with E-state index in [1.807, 2.05) is 13.8 Å². The van der Waals surface area contributed by atoms with Gasteiger partial charge in [-0.25, -0.2) is 0 Å². The number of carbonyl (C=O) groups excluding carboxylic acids is 2. The molecular formula is C26H34N2O6. The van der Waals surface area contributed by atoms with E-state index in [4.69, 9.17) is 18.9 Å². The van der Waals surface area contributed by atoms with Gasteiger partial charge in [-0.05, 0) is 56.5 Å². The van der Waals surface area contributed by atoms with Gasteiger partial charge < -0.3 is 29.2 Å². The number of rotatable bonds is 8. The highest BCUT2D eigenvalue weighted by Crippen LogP contribution is 2.40. The van der Waals surface area contributed by atoms with Gasteiger partial charge in [0.15, 0.2) is 11.5 Å². The van der Waals surface area contributed by atoms with Crippen molar-refractivity contribution >= 4 is 23.2 Å². The Morgan fingerprint density at radius 3 is 2.29 bits per heavy atom. The molecule has 0 unspecified atom stereocenters. The predicted molar refractivity (Wildman–Crippen MR) is 132 cm³/mol. The van der Waals surface area contributed by atoms with Crippen molar-refractivity contribution in [2.24, 2.45) is 11.3 Å². The number of hydrogen-bond donors (Lipinski definition) is 1. The summed E-state index contributed by atoms with van der Waals surface area (Å²) in [6, 6.07) is 8.51. The van der Waals surface area contributed by atoms with E-state index in [9.17, 15) is 9.59 Å². The second-order valence-corrected chi connectivity index (χ2v) is 9.36. The van der Waals surface area contributed by atoms with Crippen LogP contribution in [-0.4, -0.2) is 46.3 Å². The van der Waals surface area contributed by atoms with Crippen molar-refractivity contribution in [1.29, 1.82) is 0 Å². The molecule has 1 N–H and O–H groups in total. The van der Waals surface area contributed by atoms with E-state index in [1.54, 1.807) is 35.2 Å². The van der Waals surface area contributed by atoms with Crippen LogP contribution < -0.4 is 29.2 Å². The molecule has 0 bridgehead atoms. The molecule has 0 aliphatic carbocycles. The number of nitrogens with zero attached hydrogens (tertiary/aromatic N) is 1. The third-order valence-corrected chi connectivity index (χ3v) is 5.78. The van der Waals surface area contributed by atoms with E-state index in [2.05, 4.69) is 19.2 Å².